The Morgan fingerprint density at radius 2 is 0.777 bits per heavy atom. The van der Waals surface area contributed by atoms with E-state index in [0.29, 0.717) is 62.3 Å². The smallest absolute Gasteiger partial charge is 0.118 e. The summed E-state index contributed by atoms with van der Waals surface area (Å²) in [6, 6.07) is 32.7. The number of thiol groups is 1. The van der Waals surface area contributed by atoms with Gasteiger partial charge in [-0.2, -0.15) is 24.4 Å². The predicted octanol–water partition coefficient (Wildman–Crippen LogP) is 2.66. The molecule has 5 rings (SSSR count). The summed E-state index contributed by atoms with van der Waals surface area (Å²) in [7, 11) is 23.3. The molecule has 0 aliphatic rings. The highest BCUT2D eigenvalue weighted by molar-refractivity contribution is 7.98. The number of carboxylic acids is 5. The minimum atomic E-state index is -1.10. The van der Waals surface area contributed by atoms with Crippen molar-refractivity contribution in [1.82, 2.24) is 73.8 Å². The average Bonchev–Trinajstić information content (AvgIpc) is 1.18. The van der Waals surface area contributed by atoms with Gasteiger partial charge in [-0.3, -0.25) is 0 Å². The van der Waals surface area contributed by atoms with Crippen LogP contribution in [0.5, 0.6) is 5.75 Å². The molecule has 26 nitrogen and oxygen atoms in total. The molecule has 0 spiro atoms. The number of hydrogen-bond acceptors (Lipinski definition) is 27. The van der Waals surface area contributed by atoms with Gasteiger partial charge in [0, 0.05) is 60.3 Å². The molecule has 14 N–H and O–H groups in total. The number of thioether (sulfide) groups is 1. The second-order valence-electron chi connectivity index (χ2n) is 26.4. The van der Waals surface area contributed by atoms with E-state index in [9.17, 15) is 49.5 Å². The highest BCUT2D eigenvalue weighted by atomic mass is 32.2. The van der Waals surface area contributed by atoms with Crippen LogP contribution in [0.1, 0.15) is 147 Å². The first-order valence-electron chi connectivity index (χ1n) is 38.7. The number of benzene rings is 4. The lowest BCUT2D eigenvalue weighted by Gasteiger charge is -2.17. The van der Waals surface area contributed by atoms with Crippen molar-refractivity contribution in [3.05, 3.63) is 155 Å². The van der Waals surface area contributed by atoms with Crippen molar-refractivity contribution in [2.75, 3.05) is 123 Å². The molecule has 0 amide bonds. The van der Waals surface area contributed by atoms with Gasteiger partial charge in [0.1, 0.15) is 5.75 Å². The second kappa shape index (κ2) is 83.8. The van der Waals surface area contributed by atoms with E-state index in [4.69, 9.17) is 9.84 Å². The summed E-state index contributed by atoms with van der Waals surface area (Å²) in [5.41, 5.74) is 7.04. The summed E-state index contributed by atoms with van der Waals surface area (Å²) in [6.07, 6.45) is 15.2. The molecule has 0 unspecified atom stereocenters. The van der Waals surface area contributed by atoms with E-state index >= 15 is 0 Å². The molecular weight excluding hydrogens is 1460 g/mol. The zero-order valence-electron chi connectivity index (χ0n) is 73.2. The van der Waals surface area contributed by atoms with Crippen molar-refractivity contribution < 1.29 is 59.3 Å². The van der Waals surface area contributed by atoms with Gasteiger partial charge in [0.15, 0.2) is 0 Å². The average molecular weight is 1620 g/mol. The Balaban J connectivity index is -0.000000219. The second-order valence-corrected chi connectivity index (χ2v) is 27.7. The fourth-order valence-corrected chi connectivity index (χ4v) is 8.52. The largest absolute Gasteiger partial charge is 0.548 e. The first-order valence-corrected chi connectivity index (χ1v) is 40.7. The molecule has 0 radical (unpaired) electrons. The van der Waals surface area contributed by atoms with Crippen LogP contribution in [0.2, 0.25) is 0 Å². The van der Waals surface area contributed by atoms with Crippen LogP contribution in [0.15, 0.2) is 116 Å². The molecule has 0 aliphatic carbocycles. The van der Waals surface area contributed by atoms with Crippen molar-refractivity contribution >= 4 is 54.2 Å². The van der Waals surface area contributed by atoms with Crippen LogP contribution in [0.3, 0.4) is 0 Å². The number of carbonyl (C=O) groups excluding carboxylic acids is 5. The third kappa shape index (κ3) is 77.4. The van der Waals surface area contributed by atoms with Crippen LogP contribution < -0.4 is 94.1 Å². The van der Waals surface area contributed by atoms with Gasteiger partial charge >= 0.3 is 0 Å². The lowest BCUT2D eigenvalue weighted by molar-refractivity contribution is -0.309. The number of carbonyl (C=O) groups is 5. The number of aliphatic hydroxyl groups excluding tert-OH is 1. The number of aromatic nitrogens is 2. The van der Waals surface area contributed by atoms with Gasteiger partial charge in [0.05, 0.1) is 80.1 Å². The topological polar surface area (TPSA) is 403 Å². The zero-order valence-corrected chi connectivity index (χ0v) is 74.9. The third-order valence-corrected chi connectivity index (χ3v) is 17.7. The third-order valence-electron chi connectivity index (χ3n) is 16.6. The standard InChI is InChI=1S/C11H15NO3.2C11H15NO2.C10H13NO2.C7H11N3O2.C7H17N.C6H15NS.C6H15N.C4H11NO.C4H11NS.C4H11N.C3H9N/c1-12-10(11(13)14)7-8-3-5-9(15-2)6-4-8;2*1-8-3-5-9(6-4-8)7-10(12-2)11(13)14;1-11-9(10(12)13)7-8-5-3-2-4-6-8;1-8-6(7(11)12)2-5-3-9-4-10-5;1-4-5-6-7(2)8-3;1-6(7-2)4-5-8-3;1-4-5-6(2)7-3;2*1-4(3-6)5-2;1-4(2)5-3;1-3-4-2/h3-6,10,12H,7H2,1-2H3,(H,13,14);2*3-6,10,12H,7H2,1-2H3,(H,13,14);2-6,9,11H,7H2,1H3,(H,12,13);3-4,6,8H,2H2,1H3,(H,9,10)(H,11,12);7-8H,4-6H2,1-3H3;6-7H,4-5H2,1-3H3;6-7H,4-5H2,1-3H3;2*4-6H,3H2,1-2H3;4-5H,1-3H3;4H,3H2,1-2H3/p-5/t3*10-;9-;6-;7-;2*6-;2*4-;;/m0000011111../s1. The van der Waals surface area contributed by atoms with Gasteiger partial charge in [0.25, 0.3) is 0 Å². The Kier molecular flexibility index (Phi) is 88.8. The number of methoxy groups -OCH3 is 1. The van der Waals surface area contributed by atoms with E-state index < -0.39 is 60.1 Å². The Hall–Kier alpha value is -6.58. The van der Waals surface area contributed by atoms with E-state index in [-0.39, 0.29) is 12.6 Å². The number of aromatic amines is 1. The van der Waals surface area contributed by atoms with Crippen LogP contribution in [0.25, 0.3) is 0 Å². The summed E-state index contributed by atoms with van der Waals surface area (Å²) in [6.45, 7) is 26.6. The number of aliphatic hydroxyl groups is 1. The maximum absolute atomic E-state index is 10.7. The Bertz CT molecular complexity index is 2770. The van der Waals surface area contributed by atoms with Crippen molar-refractivity contribution in [2.45, 2.75) is 220 Å². The number of unbranched alkanes of at least 4 members (excludes halogenated alkanes) is 1. The molecule has 10 atom stereocenters. The van der Waals surface area contributed by atoms with Gasteiger partial charge in [-0.1, -0.05) is 156 Å². The molecule has 112 heavy (non-hydrogen) atoms. The van der Waals surface area contributed by atoms with Crippen LogP contribution in [0, 0.1) is 13.8 Å². The first kappa shape index (κ1) is 119. The number of aliphatic carboxylic acids is 5. The maximum atomic E-state index is 10.7. The monoisotopic (exact) mass is 1610 g/mol. The van der Waals surface area contributed by atoms with E-state index in [1.54, 1.807) is 60.7 Å². The van der Waals surface area contributed by atoms with Gasteiger partial charge < -0.3 is 128 Å². The molecule has 1 heterocycles. The molecule has 0 saturated carbocycles. The van der Waals surface area contributed by atoms with Gasteiger partial charge in [-0.05, 0) is 231 Å². The number of imidazole rings is 1. The van der Waals surface area contributed by atoms with E-state index in [0.717, 1.165) is 46.0 Å². The molecular formula is C84H153N14O12S2-5. The lowest BCUT2D eigenvalue weighted by Crippen LogP contribution is -2.45. The summed E-state index contributed by atoms with van der Waals surface area (Å²) in [5.74, 6) is -2.44. The molecule has 5 aromatic rings. The van der Waals surface area contributed by atoms with Crippen molar-refractivity contribution in [2.24, 2.45) is 0 Å². The van der Waals surface area contributed by atoms with Gasteiger partial charge in [0.2, 0.25) is 0 Å². The molecule has 0 bridgehead atoms. The summed E-state index contributed by atoms with van der Waals surface area (Å²) >= 11 is 5.94. The van der Waals surface area contributed by atoms with Gasteiger partial charge in [-0.25, -0.2) is 4.98 Å². The van der Waals surface area contributed by atoms with Crippen molar-refractivity contribution in [1.29, 1.82) is 0 Å². The molecule has 0 saturated heterocycles. The van der Waals surface area contributed by atoms with Crippen LogP contribution >= 0.6 is 24.4 Å². The van der Waals surface area contributed by atoms with E-state index in [1.807, 2.05) is 173 Å². The summed E-state index contributed by atoms with van der Waals surface area (Å²) in [4.78, 5) is 59.5. The maximum Gasteiger partial charge on any atom is 0.118 e. The SMILES string of the molecule is CCCC[C@@H](C)NC.CCC[C@@H](C)NC.CCNC.CNC(C)C.CN[C@@H](Cc1ccc(C)cc1)C(=O)[O-].CN[C@@H](Cc1ccc(C)cc1)C(=O)[O-].CN[C@@H](Cc1ccc(OC)cc1)C(=O)[O-].CN[C@@H](Cc1ccccc1)C(=O)[O-].CN[C@@H](Cc1cnc[nH]1)C(=O)[O-].CN[C@H](C)CCSC.CN[C@H](C)CO.CN[C@H](C)CS. The minimum absolute atomic E-state index is 0.219. The van der Waals surface area contributed by atoms with E-state index in [1.165, 1.54) is 61.7 Å². The zero-order chi connectivity index (χ0) is 87.2. The molecule has 648 valence electrons. The first-order chi connectivity index (χ1) is 53.1. The van der Waals surface area contributed by atoms with Crippen molar-refractivity contribution in [3.63, 3.8) is 0 Å². The van der Waals surface area contributed by atoms with Crippen LogP contribution in [0.4, 0.5) is 0 Å². The number of aryl methyl sites for hydroxylation is 2. The Morgan fingerprint density at radius 1 is 0.455 bits per heavy atom. The lowest BCUT2D eigenvalue weighted by atomic mass is 10.0. The highest BCUT2D eigenvalue weighted by Gasteiger charge is 2.12. The van der Waals surface area contributed by atoms with Crippen LogP contribution in [-0.2, 0) is 56.1 Å². The highest BCUT2D eigenvalue weighted by Crippen LogP contribution is 2.13. The number of carboxylic acid groups (broad SMARTS) is 5. The van der Waals surface area contributed by atoms with E-state index in [2.05, 4.69) is 155 Å². The number of ether oxygens (including phenoxy) is 1. The Morgan fingerprint density at radius 3 is 1.00 bits per heavy atom. The number of hydrogen-bond donors (Lipinski definition) is 15. The Labute approximate surface area is 687 Å². The van der Waals surface area contributed by atoms with Crippen LogP contribution in [-0.4, -0.2) is 234 Å². The number of H-pyrrole nitrogens is 1. The predicted molar refractivity (Wildman–Crippen MR) is 463 cm³/mol. The summed E-state index contributed by atoms with van der Waals surface area (Å²) < 4.78 is 5.00. The summed E-state index contributed by atoms with van der Waals surface area (Å²) in [5, 5.41) is 96.0. The fraction of sp³-hybridized carbons (Fsp3) is 0.619. The quantitative estimate of drug-likeness (QED) is 0.0253. The molecule has 0 aliphatic heterocycles. The van der Waals surface area contributed by atoms with Crippen molar-refractivity contribution in [3.8, 4) is 5.75 Å². The number of rotatable bonds is 38. The molecule has 4 aromatic carbocycles. The normalized spacial score (nSPS) is 12.7. The number of likely N-dealkylation sites (N-methyl/N-ethyl adjacent to an activating group) is 6. The number of nitrogens with zero attached hydrogens (tertiary/aromatic N) is 1. The molecule has 1 aromatic heterocycles. The molecule has 28 heteroatoms. The molecule has 0 fully saturated rings. The van der Waals surface area contributed by atoms with Gasteiger partial charge in [-0.15, -0.1) is 0 Å². The fourth-order valence-electron chi connectivity index (χ4n) is 7.75. The minimum Gasteiger partial charge on any atom is -0.548 e. The number of nitrogens with one attached hydrogen (secondary N) is 13.